The summed E-state index contributed by atoms with van der Waals surface area (Å²) in [6.45, 7) is 16.0. The third-order valence-electron chi connectivity index (χ3n) is 6.18. The minimum absolute atomic E-state index is 0.0660. The Bertz CT molecular complexity index is 1020. The van der Waals surface area contributed by atoms with Crippen LogP contribution in [0.4, 0.5) is 9.59 Å². The highest BCUT2D eigenvalue weighted by Crippen LogP contribution is 2.31. The SMILES string of the molecule is CCC(C)(C)OC(=O)Oc1ccc(C[C@H](NCC(C)OC(=O)C(C)C)C(=O)OC)cc1OC(=O)OC(C)(C)CC. The molecule has 40 heavy (non-hydrogen) atoms. The van der Waals surface area contributed by atoms with Crippen LogP contribution in [0.3, 0.4) is 0 Å². The fourth-order valence-corrected chi connectivity index (χ4v) is 2.96. The van der Waals surface area contributed by atoms with Crippen molar-refractivity contribution in [2.75, 3.05) is 13.7 Å². The van der Waals surface area contributed by atoms with Gasteiger partial charge in [-0.05, 0) is 71.6 Å². The summed E-state index contributed by atoms with van der Waals surface area (Å²) >= 11 is 0. The minimum atomic E-state index is -0.987. The maximum atomic E-state index is 12.6. The molecule has 2 atom stereocenters. The van der Waals surface area contributed by atoms with Crippen molar-refractivity contribution in [2.45, 2.75) is 105 Å². The van der Waals surface area contributed by atoms with Gasteiger partial charge in [-0.2, -0.15) is 0 Å². The van der Waals surface area contributed by atoms with Crippen molar-refractivity contribution in [3.05, 3.63) is 23.8 Å². The largest absolute Gasteiger partial charge is 0.514 e. The molecule has 1 rings (SSSR count). The molecule has 0 saturated heterocycles. The van der Waals surface area contributed by atoms with Gasteiger partial charge in [-0.15, -0.1) is 0 Å². The van der Waals surface area contributed by atoms with Crippen LogP contribution in [0.5, 0.6) is 11.5 Å². The van der Waals surface area contributed by atoms with Crippen LogP contribution in [0.1, 0.15) is 80.7 Å². The summed E-state index contributed by atoms with van der Waals surface area (Å²) in [7, 11) is 1.26. The van der Waals surface area contributed by atoms with Crippen molar-refractivity contribution in [1.82, 2.24) is 5.32 Å². The Kier molecular flexibility index (Phi) is 13.4. The van der Waals surface area contributed by atoms with E-state index in [0.717, 1.165) is 0 Å². The number of hydrogen-bond acceptors (Lipinski definition) is 11. The van der Waals surface area contributed by atoms with Crippen LogP contribution >= 0.6 is 0 Å². The maximum absolute atomic E-state index is 12.6. The molecule has 1 aromatic carbocycles. The number of ether oxygens (including phenoxy) is 6. The number of rotatable bonds is 14. The van der Waals surface area contributed by atoms with E-state index >= 15 is 0 Å². The molecule has 1 N–H and O–H groups in total. The topological polar surface area (TPSA) is 136 Å². The van der Waals surface area contributed by atoms with Gasteiger partial charge in [-0.1, -0.05) is 33.8 Å². The number of nitrogens with one attached hydrogen (secondary N) is 1. The predicted molar refractivity (Wildman–Crippen MR) is 147 cm³/mol. The number of carbonyl (C=O) groups excluding carboxylic acids is 4. The molecule has 0 aliphatic rings. The van der Waals surface area contributed by atoms with Crippen molar-refractivity contribution in [1.29, 1.82) is 0 Å². The summed E-state index contributed by atoms with van der Waals surface area (Å²) in [5.41, 5.74) is -0.987. The van der Waals surface area contributed by atoms with Gasteiger partial charge >= 0.3 is 24.2 Å². The third kappa shape index (κ3) is 12.2. The van der Waals surface area contributed by atoms with Crippen LogP contribution < -0.4 is 14.8 Å². The van der Waals surface area contributed by atoms with Gasteiger partial charge in [-0.25, -0.2) is 9.59 Å². The highest BCUT2D eigenvalue weighted by molar-refractivity contribution is 5.76. The highest BCUT2D eigenvalue weighted by Gasteiger charge is 2.27. The second-order valence-electron chi connectivity index (χ2n) is 11.0. The first-order valence-electron chi connectivity index (χ1n) is 13.5. The molecule has 0 radical (unpaired) electrons. The van der Waals surface area contributed by atoms with Gasteiger partial charge < -0.3 is 33.7 Å². The molecule has 0 saturated carbocycles. The van der Waals surface area contributed by atoms with Crippen molar-refractivity contribution >= 4 is 24.2 Å². The van der Waals surface area contributed by atoms with E-state index in [-0.39, 0.29) is 36.4 Å². The van der Waals surface area contributed by atoms with E-state index in [0.29, 0.717) is 18.4 Å². The molecule has 0 spiro atoms. The van der Waals surface area contributed by atoms with Crippen LogP contribution in [0.25, 0.3) is 0 Å². The number of methoxy groups -OCH3 is 1. The van der Waals surface area contributed by atoms with Gasteiger partial charge in [0.2, 0.25) is 0 Å². The normalized spacial score (nSPS) is 13.2. The maximum Gasteiger partial charge on any atom is 0.514 e. The molecule has 0 heterocycles. The highest BCUT2D eigenvalue weighted by atomic mass is 16.8. The van der Waals surface area contributed by atoms with Crippen molar-refractivity contribution in [2.24, 2.45) is 5.92 Å². The molecular formula is C29H45NO10. The summed E-state index contributed by atoms with van der Waals surface area (Å²) in [5, 5.41) is 3.05. The fraction of sp³-hybridized carbons (Fsp3) is 0.655. The molecule has 0 aliphatic heterocycles. The fourth-order valence-electron chi connectivity index (χ4n) is 2.96. The first-order valence-corrected chi connectivity index (χ1v) is 13.5. The van der Waals surface area contributed by atoms with Crippen molar-refractivity contribution < 1.29 is 47.6 Å². The first kappa shape index (κ1) is 34.7. The van der Waals surface area contributed by atoms with Crippen LogP contribution in [0.2, 0.25) is 0 Å². The zero-order valence-electron chi connectivity index (χ0n) is 25.4. The van der Waals surface area contributed by atoms with E-state index in [9.17, 15) is 19.2 Å². The summed E-state index contributed by atoms with van der Waals surface area (Å²) in [6.07, 6.45) is -1.23. The van der Waals surface area contributed by atoms with Crippen LogP contribution in [-0.2, 0) is 35.0 Å². The smallest absolute Gasteiger partial charge is 0.468 e. The molecule has 0 aliphatic carbocycles. The third-order valence-corrected chi connectivity index (χ3v) is 6.18. The lowest BCUT2D eigenvalue weighted by Gasteiger charge is -2.24. The molecule has 11 heteroatoms. The number of hydrogen-bond donors (Lipinski definition) is 1. The Morgan fingerprint density at radius 1 is 0.825 bits per heavy atom. The van der Waals surface area contributed by atoms with Crippen molar-refractivity contribution in [3.8, 4) is 11.5 Å². The quantitative estimate of drug-likeness (QED) is 0.177. The van der Waals surface area contributed by atoms with Gasteiger partial charge in [0.25, 0.3) is 0 Å². The van der Waals surface area contributed by atoms with E-state index in [4.69, 9.17) is 28.4 Å². The number of benzene rings is 1. The molecule has 1 unspecified atom stereocenters. The van der Waals surface area contributed by atoms with Gasteiger partial charge in [0, 0.05) is 6.54 Å². The van der Waals surface area contributed by atoms with Crippen LogP contribution in [0.15, 0.2) is 18.2 Å². The van der Waals surface area contributed by atoms with Gasteiger partial charge in [-0.3, -0.25) is 9.59 Å². The first-order chi connectivity index (χ1) is 18.5. The van der Waals surface area contributed by atoms with E-state index in [2.05, 4.69) is 5.32 Å². The monoisotopic (exact) mass is 567 g/mol. The molecule has 0 amide bonds. The molecule has 226 valence electrons. The molecule has 0 bridgehead atoms. The molecule has 11 nitrogen and oxygen atoms in total. The number of esters is 2. The van der Waals surface area contributed by atoms with Crippen LogP contribution in [-0.4, -0.2) is 61.3 Å². The van der Waals surface area contributed by atoms with E-state index in [1.54, 1.807) is 54.5 Å². The van der Waals surface area contributed by atoms with E-state index < -0.39 is 41.6 Å². The summed E-state index contributed by atoms with van der Waals surface area (Å²) < 4.78 is 31.8. The average Bonchev–Trinajstić information content (AvgIpc) is 2.86. The zero-order chi connectivity index (χ0) is 30.7. The average molecular weight is 568 g/mol. The molecular weight excluding hydrogens is 522 g/mol. The standard InChI is InChI=1S/C29H45NO10/c1-11-28(6,7)39-26(33)37-22-14-13-20(16-23(22)38-27(34)40-29(8,9)12-2)15-21(25(32)35-10)30-17-19(5)36-24(31)18(3)4/h13-14,16,18-19,21,30H,11-12,15,17H2,1-10H3/t19?,21-/m0/s1. The Morgan fingerprint density at radius 2 is 1.35 bits per heavy atom. The second-order valence-corrected chi connectivity index (χ2v) is 11.0. The van der Waals surface area contributed by atoms with Crippen LogP contribution in [0, 0.1) is 5.92 Å². The summed E-state index contributed by atoms with van der Waals surface area (Å²) in [4.78, 5) is 49.4. The summed E-state index contributed by atoms with van der Waals surface area (Å²) in [6, 6.07) is 3.70. The van der Waals surface area contributed by atoms with Gasteiger partial charge in [0.15, 0.2) is 11.5 Å². The zero-order valence-corrected chi connectivity index (χ0v) is 25.4. The Morgan fingerprint density at radius 3 is 1.82 bits per heavy atom. The lowest BCUT2D eigenvalue weighted by atomic mass is 10.0. The van der Waals surface area contributed by atoms with Gasteiger partial charge in [0.1, 0.15) is 23.3 Å². The van der Waals surface area contributed by atoms with Gasteiger partial charge in [0.05, 0.1) is 13.0 Å². The number of carbonyl (C=O) groups is 4. The van der Waals surface area contributed by atoms with E-state index in [1.165, 1.54) is 19.2 Å². The molecule has 0 aromatic heterocycles. The Labute approximate surface area is 237 Å². The minimum Gasteiger partial charge on any atom is -0.468 e. The second kappa shape index (κ2) is 15.4. The Balaban J connectivity index is 3.19. The lowest BCUT2D eigenvalue weighted by Crippen LogP contribution is -2.43. The lowest BCUT2D eigenvalue weighted by molar-refractivity contribution is -0.152. The van der Waals surface area contributed by atoms with Crippen molar-refractivity contribution in [3.63, 3.8) is 0 Å². The predicted octanol–water partition coefficient (Wildman–Crippen LogP) is 5.36. The van der Waals surface area contributed by atoms with E-state index in [1.807, 2.05) is 13.8 Å². The molecule has 0 fully saturated rings. The Hall–Kier alpha value is -3.34. The summed E-state index contributed by atoms with van der Waals surface area (Å²) in [5.74, 6) is -1.33. The molecule has 1 aromatic rings.